The highest BCUT2D eigenvalue weighted by molar-refractivity contribution is 5.93. The fourth-order valence-electron chi connectivity index (χ4n) is 3.71. The zero-order valence-corrected chi connectivity index (χ0v) is 16.7. The summed E-state index contributed by atoms with van der Waals surface area (Å²) < 4.78 is 19.2. The van der Waals surface area contributed by atoms with E-state index in [1.165, 1.54) is 12.1 Å². The molecule has 1 aliphatic rings. The van der Waals surface area contributed by atoms with Crippen molar-refractivity contribution >= 4 is 12.0 Å². The van der Waals surface area contributed by atoms with Gasteiger partial charge in [-0.05, 0) is 42.3 Å². The lowest BCUT2D eigenvalue weighted by Crippen LogP contribution is -2.48. The number of ether oxygens (including phenoxy) is 1. The normalized spacial score (nSPS) is 20.0. The number of hydrogen-bond donors (Lipinski definition) is 1. The first-order valence-corrected chi connectivity index (χ1v) is 9.59. The Morgan fingerprint density at radius 3 is 2.48 bits per heavy atom. The van der Waals surface area contributed by atoms with Crippen LogP contribution in [0.5, 0.6) is 0 Å². The summed E-state index contributed by atoms with van der Waals surface area (Å²) in [7, 11) is 1.58. The van der Waals surface area contributed by atoms with E-state index < -0.39 is 11.7 Å². The smallest absolute Gasteiger partial charge is 0.411 e. The fraction of sp³-hybridized carbons (Fsp3) is 0.304. The van der Waals surface area contributed by atoms with Crippen LogP contribution in [-0.2, 0) is 10.3 Å². The molecule has 2 atom stereocenters. The molecule has 2 aromatic carbocycles. The number of benzene rings is 2. The molecule has 1 saturated heterocycles. The molecule has 2 amide bonds. The number of nitrogens with zero attached hydrogens (tertiary/aromatic N) is 1. The quantitative estimate of drug-likeness (QED) is 0.728. The SMILES string of the molecule is C=CC[C@]1(c2ccc(F)cc2)CCN([C@@H](C)c2ccc(C(=O)NC)cc2)C(=O)O1. The Morgan fingerprint density at radius 2 is 1.93 bits per heavy atom. The van der Waals surface area contributed by atoms with Gasteiger partial charge < -0.3 is 15.0 Å². The Kier molecular flexibility index (Phi) is 6.01. The van der Waals surface area contributed by atoms with Crippen LogP contribution in [-0.4, -0.2) is 30.5 Å². The maximum atomic E-state index is 13.3. The third-order valence-corrected chi connectivity index (χ3v) is 5.47. The molecular formula is C23H25FN2O3. The van der Waals surface area contributed by atoms with Crippen LogP contribution >= 0.6 is 0 Å². The number of cyclic esters (lactones) is 1. The summed E-state index contributed by atoms with van der Waals surface area (Å²) in [6, 6.07) is 13.0. The van der Waals surface area contributed by atoms with Crippen molar-refractivity contribution < 1.29 is 18.7 Å². The van der Waals surface area contributed by atoms with E-state index in [2.05, 4.69) is 11.9 Å². The maximum absolute atomic E-state index is 13.3. The standard InChI is InChI=1S/C23H25FN2O3/c1-4-13-23(19-9-11-20(24)12-10-19)14-15-26(22(28)29-23)16(2)17-5-7-18(8-6-17)21(27)25-3/h4-12,16H,1,13-15H2,2-3H3,(H,25,27)/t16-,23+/m0/s1. The van der Waals surface area contributed by atoms with E-state index in [9.17, 15) is 14.0 Å². The van der Waals surface area contributed by atoms with Crippen LogP contribution in [0.4, 0.5) is 9.18 Å². The van der Waals surface area contributed by atoms with Crippen molar-refractivity contribution in [3.63, 3.8) is 0 Å². The van der Waals surface area contributed by atoms with Gasteiger partial charge in [0, 0.05) is 32.0 Å². The third-order valence-electron chi connectivity index (χ3n) is 5.47. The van der Waals surface area contributed by atoms with Gasteiger partial charge in [0.05, 0.1) is 6.04 Å². The zero-order valence-electron chi connectivity index (χ0n) is 16.7. The molecule has 0 aliphatic carbocycles. The lowest BCUT2D eigenvalue weighted by Gasteiger charge is -2.43. The Morgan fingerprint density at radius 1 is 1.28 bits per heavy atom. The minimum atomic E-state index is -0.841. The van der Waals surface area contributed by atoms with Crippen molar-refractivity contribution in [1.82, 2.24) is 10.2 Å². The van der Waals surface area contributed by atoms with Crippen LogP contribution in [0, 0.1) is 5.82 Å². The van der Waals surface area contributed by atoms with E-state index in [4.69, 9.17) is 4.74 Å². The predicted octanol–water partition coefficient (Wildman–Crippen LogP) is 4.56. The Labute approximate surface area is 170 Å². The van der Waals surface area contributed by atoms with E-state index in [0.29, 0.717) is 24.9 Å². The van der Waals surface area contributed by atoms with Crippen molar-refractivity contribution in [3.05, 3.63) is 83.7 Å². The Hall–Kier alpha value is -3.15. The molecule has 0 bridgehead atoms. The molecule has 0 unspecified atom stereocenters. The molecule has 2 aromatic rings. The van der Waals surface area contributed by atoms with Gasteiger partial charge in [-0.3, -0.25) is 4.79 Å². The van der Waals surface area contributed by atoms with Crippen LogP contribution in [0.15, 0.2) is 61.2 Å². The second-order valence-electron chi connectivity index (χ2n) is 7.18. The molecule has 29 heavy (non-hydrogen) atoms. The Balaban J connectivity index is 1.79. The van der Waals surface area contributed by atoms with Crippen LogP contribution in [0.3, 0.4) is 0 Å². The van der Waals surface area contributed by atoms with Crippen LogP contribution in [0.25, 0.3) is 0 Å². The minimum absolute atomic E-state index is 0.157. The van der Waals surface area contributed by atoms with Crippen molar-refractivity contribution in [2.75, 3.05) is 13.6 Å². The van der Waals surface area contributed by atoms with Gasteiger partial charge in [-0.25, -0.2) is 9.18 Å². The van der Waals surface area contributed by atoms with Crippen molar-refractivity contribution in [2.24, 2.45) is 0 Å². The number of carbonyl (C=O) groups is 2. The number of carbonyl (C=O) groups excluding carboxylic acids is 2. The molecule has 0 radical (unpaired) electrons. The highest BCUT2D eigenvalue weighted by Gasteiger charge is 2.42. The first-order chi connectivity index (χ1) is 13.9. The fourth-order valence-corrected chi connectivity index (χ4v) is 3.71. The molecule has 6 heteroatoms. The summed E-state index contributed by atoms with van der Waals surface area (Å²) in [5.41, 5.74) is 1.39. The Bertz CT molecular complexity index is 895. The number of halogens is 1. The molecule has 3 rings (SSSR count). The van der Waals surface area contributed by atoms with E-state index in [1.54, 1.807) is 42.3 Å². The minimum Gasteiger partial charge on any atom is -0.437 e. The van der Waals surface area contributed by atoms with E-state index in [1.807, 2.05) is 19.1 Å². The van der Waals surface area contributed by atoms with Gasteiger partial charge in [0.25, 0.3) is 5.91 Å². The average Bonchev–Trinajstić information content (AvgIpc) is 2.73. The van der Waals surface area contributed by atoms with Gasteiger partial charge in [0.1, 0.15) is 11.4 Å². The number of amides is 2. The third kappa shape index (κ3) is 4.16. The lowest BCUT2D eigenvalue weighted by atomic mass is 9.85. The number of rotatable bonds is 6. The zero-order chi connectivity index (χ0) is 21.0. The van der Waals surface area contributed by atoms with Gasteiger partial charge in [0.2, 0.25) is 0 Å². The first-order valence-electron chi connectivity index (χ1n) is 9.59. The summed E-state index contributed by atoms with van der Waals surface area (Å²) in [4.78, 5) is 26.3. The van der Waals surface area contributed by atoms with Crippen LogP contribution < -0.4 is 5.32 Å². The molecule has 0 aromatic heterocycles. The van der Waals surface area contributed by atoms with E-state index in [0.717, 1.165) is 11.1 Å². The summed E-state index contributed by atoms with van der Waals surface area (Å²) >= 11 is 0. The summed E-state index contributed by atoms with van der Waals surface area (Å²) in [5.74, 6) is -0.491. The van der Waals surface area contributed by atoms with E-state index in [-0.39, 0.29) is 17.8 Å². The van der Waals surface area contributed by atoms with Crippen molar-refractivity contribution in [3.8, 4) is 0 Å². The second-order valence-corrected chi connectivity index (χ2v) is 7.18. The summed E-state index contributed by atoms with van der Waals surface area (Å²) in [5, 5.41) is 2.59. The molecule has 1 N–H and O–H groups in total. The number of nitrogens with one attached hydrogen (secondary N) is 1. The summed E-state index contributed by atoms with van der Waals surface area (Å²) in [6.45, 7) is 6.20. The van der Waals surface area contributed by atoms with Gasteiger partial charge in [-0.1, -0.05) is 30.3 Å². The summed E-state index contributed by atoms with van der Waals surface area (Å²) in [6.07, 6.45) is 2.31. The molecule has 5 nitrogen and oxygen atoms in total. The van der Waals surface area contributed by atoms with Crippen LogP contribution in [0.2, 0.25) is 0 Å². The van der Waals surface area contributed by atoms with Gasteiger partial charge in [0.15, 0.2) is 0 Å². The molecule has 1 fully saturated rings. The van der Waals surface area contributed by atoms with Gasteiger partial charge in [-0.15, -0.1) is 6.58 Å². The van der Waals surface area contributed by atoms with E-state index >= 15 is 0 Å². The molecule has 0 saturated carbocycles. The van der Waals surface area contributed by atoms with Crippen molar-refractivity contribution in [2.45, 2.75) is 31.4 Å². The maximum Gasteiger partial charge on any atom is 0.411 e. The molecule has 152 valence electrons. The first kappa shape index (κ1) is 20.6. The van der Waals surface area contributed by atoms with Gasteiger partial charge in [-0.2, -0.15) is 0 Å². The second kappa shape index (κ2) is 8.47. The lowest BCUT2D eigenvalue weighted by molar-refractivity contribution is -0.0588. The molecule has 1 aliphatic heterocycles. The number of hydrogen-bond acceptors (Lipinski definition) is 3. The van der Waals surface area contributed by atoms with Crippen LogP contribution in [0.1, 0.15) is 47.3 Å². The highest BCUT2D eigenvalue weighted by Crippen LogP contribution is 2.39. The largest absolute Gasteiger partial charge is 0.437 e. The monoisotopic (exact) mass is 396 g/mol. The predicted molar refractivity (Wildman–Crippen MR) is 109 cm³/mol. The molecule has 0 spiro atoms. The highest BCUT2D eigenvalue weighted by atomic mass is 19.1. The van der Waals surface area contributed by atoms with Crippen molar-refractivity contribution in [1.29, 1.82) is 0 Å². The topological polar surface area (TPSA) is 58.6 Å². The average molecular weight is 396 g/mol. The molecular weight excluding hydrogens is 371 g/mol. The molecule has 1 heterocycles. The van der Waals surface area contributed by atoms with Gasteiger partial charge >= 0.3 is 6.09 Å².